The second kappa shape index (κ2) is 1.69. The molecular weight excluding hydrogens is 116 g/mol. The third-order valence-corrected chi connectivity index (χ3v) is 1.38. The SMILES string of the molecule is C1=NN=C2CCOC=C12. The molecule has 3 heteroatoms. The summed E-state index contributed by atoms with van der Waals surface area (Å²) in [4.78, 5) is 0. The second-order valence-corrected chi connectivity index (χ2v) is 1.99. The Labute approximate surface area is 52.7 Å². The van der Waals surface area contributed by atoms with Gasteiger partial charge in [-0.1, -0.05) is 0 Å². The molecule has 0 N–H and O–H groups in total. The van der Waals surface area contributed by atoms with Gasteiger partial charge in [-0.15, -0.1) is 0 Å². The molecule has 2 aliphatic heterocycles. The Kier molecular flexibility index (Phi) is 0.886. The minimum Gasteiger partial charge on any atom is -0.500 e. The number of nitrogens with zero attached hydrogens (tertiary/aromatic N) is 2. The summed E-state index contributed by atoms with van der Waals surface area (Å²) >= 11 is 0. The van der Waals surface area contributed by atoms with Crippen molar-refractivity contribution in [1.29, 1.82) is 0 Å². The molecule has 0 radical (unpaired) electrons. The van der Waals surface area contributed by atoms with Crippen LogP contribution in [0, 0.1) is 0 Å². The van der Waals surface area contributed by atoms with Gasteiger partial charge >= 0.3 is 0 Å². The molecule has 9 heavy (non-hydrogen) atoms. The van der Waals surface area contributed by atoms with E-state index in [-0.39, 0.29) is 0 Å². The Morgan fingerprint density at radius 3 is 3.44 bits per heavy atom. The molecule has 0 atom stereocenters. The number of ether oxygens (including phenoxy) is 1. The zero-order valence-electron chi connectivity index (χ0n) is 4.87. The summed E-state index contributed by atoms with van der Waals surface area (Å²) in [5.41, 5.74) is 2.09. The van der Waals surface area contributed by atoms with Crippen molar-refractivity contribution >= 4 is 11.9 Å². The van der Waals surface area contributed by atoms with Gasteiger partial charge < -0.3 is 4.74 Å². The van der Waals surface area contributed by atoms with Crippen LogP contribution in [0.2, 0.25) is 0 Å². The van der Waals surface area contributed by atoms with Crippen LogP contribution in [0.25, 0.3) is 0 Å². The zero-order chi connectivity index (χ0) is 6.10. The van der Waals surface area contributed by atoms with Crippen molar-refractivity contribution < 1.29 is 4.74 Å². The van der Waals surface area contributed by atoms with Crippen molar-refractivity contribution in [2.45, 2.75) is 6.42 Å². The molecule has 0 aliphatic carbocycles. The van der Waals surface area contributed by atoms with Gasteiger partial charge in [0.05, 0.1) is 30.4 Å². The third-order valence-electron chi connectivity index (χ3n) is 1.38. The monoisotopic (exact) mass is 122 g/mol. The lowest BCUT2D eigenvalue weighted by molar-refractivity contribution is 0.253. The molecule has 0 unspecified atom stereocenters. The smallest absolute Gasteiger partial charge is 0.0936 e. The minimum absolute atomic E-state index is 0.742. The first-order valence-electron chi connectivity index (χ1n) is 2.89. The van der Waals surface area contributed by atoms with E-state index in [0.29, 0.717) is 0 Å². The first kappa shape index (κ1) is 4.73. The second-order valence-electron chi connectivity index (χ2n) is 1.99. The van der Waals surface area contributed by atoms with Gasteiger partial charge in [-0.3, -0.25) is 0 Å². The highest BCUT2D eigenvalue weighted by atomic mass is 16.5. The van der Waals surface area contributed by atoms with Gasteiger partial charge in [0.1, 0.15) is 0 Å². The summed E-state index contributed by atoms with van der Waals surface area (Å²) < 4.78 is 5.05. The van der Waals surface area contributed by atoms with E-state index in [1.807, 2.05) is 0 Å². The van der Waals surface area contributed by atoms with Crippen LogP contribution in [0.5, 0.6) is 0 Å². The van der Waals surface area contributed by atoms with Crippen LogP contribution in [-0.2, 0) is 4.74 Å². The molecular formula is C6H6N2O. The Morgan fingerprint density at radius 1 is 1.56 bits per heavy atom. The van der Waals surface area contributed by atoms with E-state index >= 15 is 0 Å². The predicted molar refractivity (Wildman–Crippen MR) is 34.6 cm³/mol. The maximum Gasteiger partial charge on any atom is 0.0936 e. The molecule has 0 spiro atoms. The van der Waals surface area contributed by atoms with E-state index in [2.05, 4.69) is 10.2 Å². The summed E-state index contributed by atoms with van der Waals surface area (Å²) in [5.74, 6) is 0. The fraction of sp³-hybridized carbons (Fsp3) is 0.333. The van der Waals surface area contributed by atoms with Crippen molar-refractivity contribution in [3.8, 4) is 0 Å². The minimum atomic E-state index is 0.742. The van der Waals surface area contributed by atoms with Crippen molar-refractivity contribution in [3.05, 3.63) is 11.8 Å². The molecule has 2 heterocycles. The Hall–Kier alpha value is -1.12. The average Bonchev–Trinajstić information content (AvgIpc) is 2.33. The molecule has 0 bridgehead atoms. The molecule has 0 aromatic rings. The van der Waals surface area contributed by atoms with Crippen LogP contribution >= 0.6 is 0 Å². The zero-order valence-corrected chi connectivity index (χ0v) is 4.87. The number of rotatable bonds is 0. The third kappa shape index (κ3) is 0.650. The van der Waals surface area contributed by atoms with Crippen LogP contribution in [0.1, 0.15) is 6.42 Å². The van der Waals surface area contributed by atoms with Gasteiger partial charge in [0.25, 0.3) is 0 Å². The fourth-order valence-corrected chi connectivity index (χ4v) is 0.890. The van der Waals surface area contributed by atoms with E-state index < -0.39 is 0 Å². The normalized spacial score (nSPS) is 22.2. The summed E-state index contributed by atoms with van der Waals surface area (Å²) in [5, 5.41) is 7.64. The molecule has 0 amide bonds. The topological polar surface area (TPSA) is 34.0 Å². The first-order valence-corrected chi connectivity index (χ1v) is 2.89. The number of fused-ring (bicyclic) bond motifs is 1. The highest BCUT2D eigenvalue weighted by Gasteiger charge is 2.13. The molecule has 0 fully saturated rings. The lowest BCUT2D eigenvalue weighted by atomic mass is 10.1. The van der Waals surface area contributed by atoms with Crippen LogP contribution < -0.4 is 0 Å². The molecule has 3 nitrogen and oxygen atoms in total. The van der Waals surface area contributed by atoms with Gasteiger partial charge in [0.2, 0.25) is 0 Å². The summed E-state index contributed by atoms with van der Waals surface area (Å²) in [6.07, 6.45) is 4.32. The number of hydrogen-bond donors (Lipinski definition) is 0. The van der Waals surface area contributed by atoms with E-state index in [4.69, 9.17) is 4.74 Å². The largest absolute Gasteiger partial charge is 0.500 e. The summed E-state index contributed by atoms with van der Waals surface area (Å²) in [7, 11) is 0. The number of hydrogen-bond acceptors (Lipinski definition) is 3. The van der Waals surface area contributed by atoms with Gasteiger partial charge in [-0.25, -0.2) is 0 Å². The molecule has 0 saturated carbocycles. The average molecular weight is 122 g/mol. The van der Waals surface area contributed by atoms with Crippen LogP contribution in [0.15, 0.2) is 22.0 Å². The predicted octanol–water partition coefficient (Wildman–Crippen LogP) is 0.731. The van der Waals surface area contributed by atoms with Crippen molar-refractivity contribution in [2.75, 3.05) is 6.61 Å². The quantitative estimate of drug-likeness (QED) is 0.466. The lowest BCUT2D eigenvalue weighted by Gasteiger charge is -2.07. The van der Waals surface area contributed by atoms with Crippen LogP contribution in [0.3, 0.4) is 0 Å². The van der Waals surface area contributed by atoms with Crippen LogP contribution in [0.4, 0.5) is 0 Å². The van der Waals surface area contributed by atoms with E-state index in [1.165, 1.54) is 0 Å². The highest BCUT2D eigenvalue weighted by molar-refractivity contribution is 6.18. The lowest BCUT2D eigenvalue weighted by Crippen LogP contribution is -2.09. The number of allylic oxidation sites excluding steroid dienone is 1. The molecule has 0 aromatic heterocycles. The Bertz CT molecular complexity index is 215. The van der Waals surface area contributed by atoms with Crippen molar-refractivity contribution in [3.63, 3.8) is 0 Å². The van der Waals surface area contributed by atoms with E-state index in [9.17, 15) is 0 Å². The van der Waals surface area contributed by atoms with Crippen LogP contribution in [-0.4, -0.2) is 18.5 Å². The van der Waals surface area contributed by atoms with E-state index in [1.54, 1.807) is 12.5 Å². The van der Waals surface area contributed by atoms with Crippen molar-refractivity contribution in [2.24, 2.45) is 10.2 Å². The maximum absolute atomic E-state index is 5.05. The first-order chi connectivity index (χ1) is 4.47. The fourth-order valence-electron chi connectivity index (χ4n) is 0.890. The Balaban J connectivity index is 2.38. The van der Waals surface area contributed by atoms with Gasteiger partial charge in [-0.2, -0.15) is 10.2 Å². The summed E-state index contributed by atoms with van der Waals surface area (Å²) in [6.45, 7) is 0.742. The molecule has 46 valence electrons. The Morgan fingerprint density at radius 2 is 2.56 bits per heavy atom. The van der Waals surface area contributed by atoms with Gasteiger partial charge in [0, 0.05) is 6.42 Å². The van der Waals surface area contributed by atoms with Gasteiger partial charge in [-0.05, 0) is 0 Å². The standard InChI is InChI=1S/C6H6N2O/c1-2-9-4-5-3-7-8-6(1)5/h3-4H,1-2H2. The molecule has 0 saturated heterocycles. The highest BCUT2D eigenvalue weighted by Crippen LogP contribution is 2.11. The van der Waals surface area contributed by atoms with Gasteiger partial charge in [0.15, 0.2) is 0 Å². The van der Waals surface area contributed by atoms with E-state index in [0.717, 1.165) is 24.3 Å². The maximum atomic E-state index is 5.05. The molecule has 2 rings (SSSR count). The molecule has 2 aliphatic rings. The summed E-state index contributed by atoms with van der Waals surface area (Å²) in [6, 6.07) is 0. The van der Waals surface area contributed by atoms with Crippen molar-refractivity contribution in [1.82, 2.24) is 0 Å². The molecule has 0 aromatic carbocycles.